The van der Waals surface area contributed by atoms with Crippen molar-refractivity contribution >= 4 is 5.96 Å². The third kappa shape index (κ3) is 10.0. The summed E-state index contributed by atoms with van der Waals surface area (Å²) in [6.45, 7) is 18.9. The molecule has 0 aromatic heterocycles. The van der Waals surface area contributed by atoms with Gasteiger partial charge in [0.25, 0.3) is 0 Å². The van der Waals surface area contributed by atoms with Crippen molar-refractivity contribution in [2.75, 3.05) is 59.2 Å². The molecule has 2 N–H and O–H groups in total. The van der Waals surface area contributed by atoms with Crippen LogP contribution in [0.3, 0.4) is 0 Å². The highest BCUT2D eigenvalue weighted by Gasteiger charge is 2.23. The Kier molecular flexibility index (Phi) is 11.9. The number of nitrogens with zero attached hydrogens (tertiary/aromatic N) is 2. The third-order valence-corrected chi connectivity index (χ3v) is 4.27. The highest BCUT2D eigenvalue weighted by atomic mass is 16.5. The summed E-state index contributed by atoms with van der Waals surface area (Å²) in [5.74, 6) is 2.08. The Morgan fingerprint density at radius 3 is 2.48 bits per heavy atom. The molecule has 0 saturated carbocycles. The second kappa shape index (κ2) is 13.4. The van der Waals surface area contributed by atoms with Crippen LogP contribution in [0.15, 0.2) is 4.99 Å². The van der Waals surface area contributed by atoms with E-state index in [0.717, 1.165) is 71.5 Å². The molecule has 0 aliphatic carbocycles. The zero-order chi connectivity index (χ0) is 18.5. The molecule has 1 atom stereocenters. The monoisotopic (exact) mass is 356 g/mol. The van der Waals surface area contributed by atoms with Gasteiger partial charge in [-0.1, -0.05) is 27.7 Å². The molecular formula is C19H40N4O2. The Morgan fingerprint density at radius 2 is 1.88 bits per heavy atom. The van der Waals surface area contributed by atoms with Gasteiger partial charge in [-0.15, -0.1) is 0 Å². The lowest BCUT2D eigenvalue weighted by Gasteiger charge is -2.36. The minimum Gasteiger partial charge on any atom is -0.381 e. The van der Waals surface area contributed by atoms with Gasteiger partial charge < -0.3 is 20.1 Å². The molecule has 1 saturated heterocycles. The molecular weight excluding hydrogens is 316 g/mol. The van der Waals surface area contributed by atoms with Gasteiger partial charge in [0.1, 0.15) is 0 Å². The Labute approximate surface area is 154 Å². The zero-order valence-electron chi connectivity index (χ0n) is 17.0. The molecule has 1 aliphatic rings. The van der Waals surface area contributed by atoms with Crippen LogP contribution in [0.4, 0.5) is 0 Å². The molecule has 0 spiro atoms. The summed E-state index contributed by atoms with van der Waals surface area (Å²) in [5, 5.41) is 6.77. The lowest BCUT2D eigenvalue weighted by Crippen LogP contribution is -2.48. The standard InChI is InChI=1S/C19H40N4O2/c1-6-20-19(21-8-7-11-25-15-16(2)3)22-14-18(17(4)5)23-9-12-24-13-10-23/h16-18H,6-15H2,1-5H3,(H2,20,21,22). The molecule has 25 heavy (non-hydrogen) atoms. The lowest BCUT2D eigenvalue weighted by molar-refractivity contribution is 0.00867. The normalized spacial score (nSPS) is 18.0. The molecule has 1 heterocycles. The predicted octanol–water partition coefficient (Wildman–Crippen LogP) is 1.96. The van der Waals surface area contributed by atoms with E-state index < -0.39 is 0 Å². The molecule has 0 amide bonds. The van der Waals surface area contributed by atoms with Crippen LogP contribution in [0.25, 0.3) is 0 Å². The molecule has 148 valence electrons. The summed E-state index contributed by atoms with van der Waals surface area (Å²) in [7, 11) is 0. The lowest BCUT2D eigenvalue weighted by atomic mass is 10.0. The van der Waals surface area contributed by atoms with E-state index in [-0.39, 0.29) is 0 Å². The van der Waals surface area contributed by atoms with Crippen molar-refractivity contribution in [2.45, 2.75) is 47.1 Å². The first-order chi connectivity index (χ1) is 12.0. The van der Waals surface area contributed by atoms with Crippen molar-refractivity contribution in [3.8, 4) is 0 Å². The summed E-state index contributed by atoms with van der Waals surface area (Å²) in [6, 6.07) is 0.466. The van der Waals surface area contributed by atoms with Crippen molar-refractivity contribution in [1.82, 2.24) is 15.5 Å². The number of morpholine rings is 1. The second-order valence-electron chi connectivity index (χ2n) is 7.43. The van der Waals surface area contributed by atoms with E-state index in [9.17, 15) is 0 Å². The fourth-order valence-corrected chi connectivity index (χ4v) is 2.88. The largest absolute Gasteiger partial charge is 0.381 e. The molecule has 1 aliphatic heterocycles. The first kappa shape index (κ1) is 22.2. The fraction of sp³-hybridized carbons (Fsp3) is 0.947. The van der Waals surface area contributed by atoms with Gasteiger partial charge >= 0.3 is 0 Å². The van der Waals surface area contributed by atoms with Crippen molar-refractivity contribution in [3.05, 3.63) is 0 Å². The first-order valence-electron chi connectivity index (χ1n) is 9.96. The topological polar surface area (TPSA) is 58.1 Å². The molecule has 1 rings (SSSR count). The number of hydrogen-bond donors (Lipinski definition) is 2. The van der Waals surface area contributed by atoms with Crippen molar-refractivity contribution in [2.24, 2.45) is 16.8 Å². The third-order valence-electron chi connectivity index (χ3n) is 4.27. The van der Waals surface area contributed by atoms with Crippen molar-refractivity contribution in [1.29, 1.82) is 0 Å². The van der Waals surface area contributed by atoms with Crippen LogP contribution in [0.1, 0.15) is 41.0 Å². The second-order valence-corrected chi connectivity index (χ2v) is 7.43. The van der Waals surface area contributed by atoms with E-state index in [2.05, 4.69) is 50.2 Å². The average molecular weight is 357 g/mol. The van der Waals surface area contributed by atoms with Crippen molar-refractivity contribution < 1.29 is 9.47 Å². The summed E-state index contributed by atoms with van der Waals surface area (Å²) < 4.78 is 11.1. The van der Waals surface area contributed by atoms with Crippen LogP contribution < -0.4 is 10.6 Å². The Morgan fingerprint density at radius 1 is 1.16 bits per heavy atom. The molecule has 0 aromatic rings. The molecule has 1 fully saturated rings. The van der Waals surface area contributed by atoms with Gasteiger partial charge in [0.05, 0.1) is 19.8 Å². The van der Waals surface area contributed by atoms with E-state index in [1.165, 1.54) is 0 Å². The van der Waals surface area contributed by atoms with Crippen LogP contribution in [0.2, 0.25) is 0 Å². The molecule has 0 radical (unpaired) electrons. The Bertz CT molecular complexity index is 355. The van der Waals surface area contributed by atoms with Crippen LogP contribution in [0.5, 0.6) is 0 Å². The van der Waals surface area contributed by atoms with E-state index in [1.807, 2.05) is 0 Å². The van der Waals surface area contributed by atoms with E-state index in [1.54, 1.807) is 0 Å². The molecule has 6 nitrogen and oxygen atoms in total. The Balaban J connectivity index is 2.40. The van der Waals surface area contributed by atoms with Crippen LogP contribution >= 0.6 is 0 Å². The maximum absolute atomic E-state index is 5.63. The van der Waals surface area contributed by atoms with E-state index >= 15 is 0 Å². The SMILES string of the molecule is CCNC(=NCC(C(C)C)N1CCOCC1)NCCCOCC(C)C. The number of rotatable bonds is 11. The van der Waals surface area contributed by atoms with E-state index in [4.69, 9.17) is 14.5 Å². The predicted molar refractivity (Wildman–Crippen MR) is 105 cm³/mol. The molecule has 0 bridgehead atoms. The van der Waals surface area contributed by atoms with Crippen LogP contribution in [-0.4, -0.2) is 76.1 Å². The maximum atomic E-state index is 5.63. The first-order valence-corrected chi connectivity index (χ1v) is 9.96. The number of nitrogens with one attached hydrogen (secondary N) is 2. The zero-order valence-corrected chi connectivity index (χ0v) is 17.0. The van der Waals surface area contributed by atoms with Gasteiger partial charge in [-0.25, -0.2) is 0 Å². The van der Waals surface area contributed by atoms with E-state index in [0.29, 0.717) is 17.9 Å². The quantitative estimate of drug-likeness (QED) is 0.337. The minimum absolute atomic E-state index is 0.466. The van der Waals surface area contributed by atoms with Crippen LogP contribution in [0, 0.1) is 11.8 Å². The number of ether oxygens (including phenoxy) is 2. The van der Waals surface area contributed by atoms with Gasteiger partial charge in [0.2, 0.25) is 0 Å². The van der Waals surface area contributed by atoms with Gasteiger partial charge in [0, 0.05) is 45.4 Å². The highest BCUT2D eigenvalue weighted by molar-refractivity contribution is 5.79. The summed E-state index contributed by atoms with van der Waals surface area (Å²) >= 11 is 0. The van der Waals surface area contributed by atoms with Gasteiger partial charge in [0.15, 0.2) is 5.96 Å². The van der Waals surface area contributed by atoms with Crippen LogP contribution in [-0.2, 0) is 9.47 Å². The number of aliphatic imine (C=N–C) groups is 1. The summed E-state index contributed by atoms with van der Waals surface area (Å²) in [6.07, 6.45) is 0.994. The molecule has 0 aromatic carbocycles. The highest BCUT2D eigenvalue weighted by Crippen LogP contribution is 2.13. The van der Waals surface area contributed by atoms with Gasteiger partial charge in [-0.3, -0.25) is 9.89 Å². The smallest absolute Gasteiger partial charge is 0.191 e. The summed E-state index contributed by atoms with van der Waals surface area (Å²) in [4.78, 5) is 7.34. The fourth-order valence-electron chi connectivity index (χ4n) is 2.88. The minimum atomic E-state index is 0.466. The Hall–Kier alpha value is -0.850. The summed E-state index contributed by atoms with van der Waals surface area (Å²) in [5.41, 5.74) is 0. The van der Waals surface area contributed by atoms with Gasteiger partial charge in [-0.05, 0) is 25.2 Å². The number of hydrogen-bond acceptors (Lipinski definition) is 4. The van der Waals surface area contributed by atoms with Crippen molar-refractivity contribution in [3.63, 3.8) is 0 Å². The average Bonchev–Trinajstić information content (AvgIpc) is 2.58. The molecule has 6 heteroatoms. The maximum Gasteiger partial charge on any atom is 0.191 e. The number of guanidine groups is 1. The van der Waals surface area contributed by atoms with Gasteiger partial charge in [-0.2, -0.15) is 0 Å². The molecule has 1 unspecified atom stereocenters.